The second-order valence-corrected chi connectivity index (χ2v) is 6.91. The maximum atomic E-state index is 13.4. The smallest absolute Gasteiger partial charge is 0.281 e. The Labute approximate surface area is 188 Å². The van der Waals surface area contributed by atoms with Crippen LogP contribution < -0.4 is 0 Å². The summed E-state index contributed by atoms with van der Waals surface area (Å²) in [5.74, 6) is -60.0. The normalized spacial score (nSPS) is 17.9. The number of ether oxygens (including phenoxy) is 1. The van der Waals surface area contributed by atoms with Gasteiger partial charge in [0.05, 0.1) is 0 Å². The van der Waals surface area contributed by atoms with Crippen LogP contribution in [0.25, 0.3) is 0 Å². The molecule has 0 aliphatic carbocycles. The molecule has 210 valence electrons. The Morgan fingerprint density at radius 3 is 1.06 bits per heavy atom. The van der Waals surface area contributed by atoms with Gasteiger partial charge in [-0.15, -0.1) is 0 Å². The van der Waals surface area contributed by atoms with Crippen LogP contribution in [0.15, 0.2) is 0 Å². The van der Waals surface area contributed by atoms with Crippen molar-refractivity contribution in [3.8, 4) is 0 Å². The summed E-state index contributed by atoms with van der Waals surface area (Å²) in [6.45, 7) is 0. The van der Waals surface area contributed by atoms with Gasteiger partial charge < -0.3 is 0 Å². The predicted molar refractivity (Wildman–Crippen MR) is 70.7 cm³/mol. The van der Waals surface area contributed by atoms with Gasteiger partial charge in [0.2, 0.25) is 0 Å². The molecule has 0 heterocycles. The number of hydrogen-bond acceptors (Lipinski definition) is 2. The largest absolute Gasteiger partial charge is 0.460 e. The van der Waals surface area contributed by atoms with Crippen molar-refractivity contribution in [3.63, 3.8) is 0 Å². The van der Waals surface area contributed by atoms with Gasteiger partial charge in [0.1, 0.15) is 0 Å². The molecule has 0 saturated carbocycles. The lowest BCUT2D eigenvalue weighted by Crippen LogP contribution is -2.75. The van der Waals surface area contributed by atoms with E-state index in [4.69, 9.17) is 0 Å². The first-order chi connectivity index (χ1) is 14.7. The van der Waals surface area contributed by atoms with E-state index in [-0.39, 0.29) is 0 Å². The van der Waals surface area contributed by atoms with Gasteiger partial charge in [0.25, 0.3) is 3.79 Å². The SMILES string of the molecule is O=C(I)C(F)(O[14C](F)(F)C(F)(F)C(F)(F)C(F)(F)C(F)(F)C(F)(F)C(F)(F)C(F)(F)F)C(F)(F)F. The molecule has 0 aromatic carbocycles. The van der Waals surface area contributed by atoms with E-state index in [1.165, 1.54) is 4.74 Å². The summed E-state index contributed by atoms with van der Waals surface area (Å²) in [4.78, 5) is 10.5. The molecule has 0 aliphatic rings. The minimum atomic E-state index is -9.11. The Bertz CT molecular complexity index is 809. The van der Waals surface area contributed by atoms with E-state index < -0.39 is 86.2 Å². The van der Waals surface area contributed by atoms with E-state index in [1.807, 2.05) is 0 Å². The van der Waals surface area contributed by atoms with Gasteiger partial charge in [-0.25, -0.2) is 0 Å². The highest BCUT2D eigenvalue weighted by Gasteiger charge is 2.96. The van der Waals surface area contributed by atoms with Crippen molar-refractivity contribution in [2.24, 2.45) is 0 Å². The quantitative estimate of drug-likeness (QED) is 0.146. The molecule has 0 amide bonds. The average molecular weight is 692 g/mol. The zero-order chi connectivity index (χ0) is 29.3. The van der Waals surface area contributed by atoms with Gasteiger partial charge in [-0.05, 0) is 0 Å². The summed E-state index contributed by atoms with van der Waals surface area (Å²) in [7, 11) is 0. The molecule has 0 rings (SSSR count). The van der Waals surface area contributed by atoms with Gasteiger partial charge in [-0.2, -0.15) is 92.2 Å². The Morgan fingerprint density at radius 1 is 0.514 bits per heavy atom. The minimum absolute atomic E-state index is 0.491. The summed E-state index contributed by atoms with van der Waals surface area (Å²) >= 11 is -0.491. The van der Waals surface area contributed by atoms with Crippen molar-refractivity contribution in [2.75, 3.05) is 0 Å². The molecule has 24 heteroatoms. The van der Waals surface area contributed by atoms with Crippen LogP contribution in [0, 0.1) is 0 Å². The first-order valence-corrected chi connectivity index (χ1v) is 8.10. The first kappa shape index (κ1) is 33.9. The molecule has 0 aromatic heterocycles. The number of alkyl halides is 21. The molecule has 2 nitrogen and oxygen atoms in total. The van der Waals surface area contributed by atoms with Crippen molar-refractivity contribution in [1.29, 1.82) is 0 Å². The highest BCUT2D eigenvalue weighted by atomic mass is 127. The Hall–Kier alpha value is -1.11. The molecular formula is C11F21IO2. The minimum Gasteiger partial charge on any atom is -0.281 e. The summed E-state index contributed by atoms with van der Waals surface area (Å²) in [6, 6.07) is 0. The lowest BCUT2D eigenvalue weighted by molar-refractivity contribution is -0.495. The number of carbonyl (C=O) groups excluding carboxylic acids is 1. The van der Waals surface area contributed by atoms with Gasteiger partial charge in [-0.1, -0.05) is 0 Å². The summed E-state index contributed by atoms with van der Waals surface area (Å²) in [5, 5.41) is 0. The van der Waals surface area contributed by atoms with E-state index in [0.29, 0.717) is 0 Å². The summed E-state index contributed by atoms with van der Waals surface area (Å²) in [6.07, 6.45) is -23.4. The van der Waals surface area contributed by atoms with Crippen molar-refractivity contribution in [2.45, 2.75) is 59.9 Å². The van der Waals surface area contributed by atoms with Gasteiger partial charge in [-0.3, -0.25) is 9.53 Å². The third-order valence-corrected chi connectivity index (χ3v) is 4.27. The molecule has 0 aliphatic heterocycles. The van der Waals surface area contributed by atoms with Crippen LogP contribution in [-0.2, 0) is 9.53 Å². The highest BCUT2D eigenvalue weighted by Crippen LogP contribution is 2.64. The third-order valence-electron chi connectivity index (χ3n) is 3.58. The average Bonchev–Trinajstić information content (AvgIpc) is 2.57. The van der Waals surface area contributed by atoms with Gasteiger partial charge in [0.15, 0.2) is 0 Å². The van der Waals surface area contributed by atoms with Gasteiger partial charge >= 0.3 is 59.9 Å². The number of hydrogen-bond donors (Lipinski definition) is 0. The monoisotopic (exact) mass is 692 g/mol. The fraction of sp³-hybridized carbons (Fsp3) is 0.909. The molecular weight excluding hydrogens is 692 g/mol. The number of halogens is 22. The maximum absolute atomic E-state index is 13.4. The standard InChI is InChI=1S/C11F21IO2/c12-2(1(33)34,9(25,26)27)35-11(31,32)8(23,24)6(19,20)4(15,16)3(13,14)5(17,18)7(21,22)10(28,29)30/i11+2. The Balaban J connectivity index is 6.94. The summed E-state index contributed by atoms with van der Waals surface area (Å²) in [5.41, 5.74) is 0. The molecule has 1 atom stereocenters. The zero-order valence-corrected chi connectivity index (χ0v) is 16.8. The molecule has 0 radical (unpaired) electrons. The molecule has 35 heavy (non-hydrogen) atoms. The lowest BCUT2D eigenvalue weighted by Gasteiger charge is -2.43. The molecule has 0 N–H and O–H groups in total. The van der Waals surface area contributed by atoms with E-state index in [0.717, 1.165) is 0 Å². The van der Waals surface area contributed by atoms with Crippen LogP contribution in [0.4, 0.5) is 92.2 Å². The van der Waals surface area contributed by atoms with E-state index in [1.54, 1.807) is 0 Å². The van der Waals surface area contributed by atoms with Crippen LogP contribution in [0.2, 0.25) is 0 Å². The number of carbonyl (C=O) groups is 1. The van der Waals surface area contributed by atoms with Gasteiger partial charge in [0, 0.05) is 22.6 Å². The van der Waals surface area contributed by atoms with Crippen LogP contribution in [-0.4, -0.2) is 63.6 Å². The van der Waals surface area contributed by atoms with Crippen molar-refractivity contribution >= 4 is 26.4 Å². The van der Waals surface area contributed by atoms with Crippen LogP contribution >= 0.6 is 22.6 Å². The van der Waals surface area contributed by atoms with E-state index in [2.05, 4.69) is 0 Å². The summed E-state index contributed by atoms with van der Waals surface area (Å²) < 4.78 is 268. The van der Waals surface area contributed by atoms with Crippen molar-refractivity contribution in [1.82, 2.24) is 0 Å². The zero-order valence-electron chi connectivity index (χ0n) is 14.6. The maximum Gasteiger partial charge on any atom is 0.460 e. The fourth-order valence-electron chi connectivity index (χ4n) is 1.60. The molecule has 0 bridgehead atoms. The molecule has 0 aromatic rings. The van der Waals surface area contributed by atoms with E-state index >= 15 is 0 Å². The lowest BCUT2D eigenvalue weighted by atomic mass is 9.93. The molecule has 1 unspecified atom stereocenters. The molecule has 0 saturated heterocycles. The Morgan fingerprint density at radius 2 is 0.800 bits per heavy atom. The molecule has 0 fully saturated rings. The van der Waals surface area contributed by atoms with Crippen LogP contribution in [0.3, 0.4) is 0 Å². The predicted octanol–water partition coefficient (Wildman–Crippen LogP) is 7.16. The molecule has 0 spiro atoms. The van der Waals surface area contributed by atoms with Crippen LogP contribution in [0.1, 0.15) is 0 Å². The highest BCUT2D eigenvalue weighted by molar-refractivity contribution is 14.1. The first-order valence-electron chi connectivity index (χ1n) is 7.02. The van der Waals surface area contributed by atoms with Crippen molar-refractivity contribution < 1.29 is 102 Å². The fourth-order valence-corrected chi connectivity index (χ4v) is 2.02. The Kier molecular flexibility index (Phi) is 8.19. The second-order valence-electron chi connectivity index (χ2n) is 5.93. The van der Waals surface area contributed by atoms with E-state index in [9.17, 15) is 97.0 Å². The van der Waals surface area contributed by atoms with Crippen LogP contribution in [0.5, 0.6) is 0 Å². The third kappa shape index (κ3) is 4.57. The second kappa shape index (κ2) is 8.46. The number of rotatable bonds is 9. The van der Waals surface area contributed by atoms with Crippen molar-refractivity contribution in [3.05, 3.63) is 0 Å². The topological polar surface area (TPSA) is 26.3 Å².